The molecule has 0 saturated heterocycles. The number of hydrazine groups is 1. The van der Waals surface area contributed by atoms with Crippen LogP contribution < -0.4 is 11.3 Å². The van der Waals surface area contributed by atoms with Crippen LogP contribution in [-0.4, -0.2) is 38.5 Å². The van der Waals surface area contributed by atoms with Crippen LogP contribution in [0.2, 0.25) is 0 Å². The smallest absolute Gasteiger partial charge is 0.147 e. The highest BCUT2D eigenvalue weighted by atomic mass is 32.2. The van der Waals surface area contributed by atoms with E-state index in [1.54, 1.807) is 11.8 Å². The van der Waals surface area contributed by atoms with Gasteiger partial charge >= 0.3 is 0 Å². The molecule has 12 heavy (non-hydrogen) atoms. The van der Waals surface area contributed by atoms with Gasteiger partial charge in [-0.2, -0.15) is 11.8 Å². The van der Waals surface area contributed by atoms with Gasteiger partial charge in [-0.15, -0.1) is 0 Å². The lowest BCUT2D eigenvalue weighted by atomic mass is 10.3. The lowest BCUT2D eigenvalue weighted by Crippen LogP contribution is -2.38. The van der Waals surface area contributed by atoms with Crippen LogP contribution in [0.5, 0.6) is 0 Å². The minimum atomic E-state index is -2.85. The molecule has 3 N–H and O–H groups in total. The first-order valence-corrected chi connectivity index (χ1v) is 7.08. The first-order valence-electron chi connectivity index (χ1n) is 3.62. The van der Waals surface area contributed by atoms with E-state index in [4.69, 9.17) is 5.84 Å². The van der Waals surface area contributed by atoms with Gasteiger partial charge in [0.25, 0.3) is 0 Å². The van der Waals surface area contributed by atoms with E-state index in [0.717, 1.165) is 5.75 Å². The van der Waals surface area contributed by atoms with Crippen molar-refractivity contribution in [2.75, 3.05) is 24.0 Å². The van der Waals surface area contributed by atoms with Crippen molar-refractivity contribution >= 4 is 21.6 Å². The molecule has 0 saturated carbocycles. The third-order valence-electron chi connectivity index (χ3n) is 1.44. The number of hydrogen-bond donors (Lipinski definition) is 2. The molecule has 0 aromatic heterocycles. The SMILES string of the molecule is CSCC(CCS(C)(=O)=O)NN. The summed E-state index contributed by atoms with van der Waals surface area (Å²) < 4.78 is 21.6. The summed E-state index contributed by atoms with van der Waals surface area (Å²) in [5.41, 5.74) is 2.59. The Morgan fingerprint density at radius 1 is 1.58 bits per heavy atom. The lowest BCUT2D eigenvalue weighted by molar-refractivity contribution is 0.550. The molecule has 0 bridgehead atoms. The van der Waals surface area contributed by atoms with Gasteiger partial charge in [0.2, 0.25) is 0 Å². The van der Waals surface area contributed by atoms with Crippen molar-refractivity contribution in [1.82, 2.24) is 5.43 Å². The maximum atomic E-state index is 10.8. The van der Waals surface area contributed by atoms with Crippen LogP contribution in [0, 0.1) is 0 Å². The molecule has 6 heteroatoms. The zero-order valence-corrected chi connectivity index (χ0v) is 9.04. The fraction of sp³-hybridized carbons (Fsp3) is 1.00. The van der Waals surface area contributed by atoms with E-state index in [2.05, 4.69) is 5.43 Å². The zero-order valence-electron chi connectivity index (χ0n) is 7.41. The summed E-state index contributed by atoms with van der Waals surface area (Å²) in [4.78, 5) is 0. The second kappa shape index (κ2) is 5.80. The molecule has 0 aromatic rings. The topological polar surface area (TPSA) is 72.2 Å². The monoisotopic (exact) mass is 212 g/mol. The van der Waals surface area contributed by atoms with E-state index in [1.165, 1.54) is 6.26 Å². The number of sulfone groups is 1. The lowest BCUT2D eigenvalue weighted by Gasteiger charge is -2.12. The van der Waals surface area contributed by atoms with Crippen LogP contribution >= 0.6 is 11.8 Å². The fourth-order valence-electron chi connectivity index (χ4n) is 0.772. The highest BCUT2D eigenvalue weighted by Crippen LogP contribution is 2.02. The number of rotatable bonds is 6. The van der Waals surface area contributed by atoms with Crippen LogP contribution in [0.25, 0.3) is 0 Å². The molecule has 0 rings (SSSR count). The highest BCUT2D eigenvalue weighted by molar-refractivity contribution is 7.98. The van der Waals surface area contributed by atoms with Crippen molar-refractivity contribution in [3.63, 3.8) is 0 Å². The number of thioether (sulfide) groups is 1. The van der Waals surface area contributed by atoms with E-state index in [0.29, 0.717) is 6.42 Å². The summed E-state index contributed by atoms with van der Waals surface area (Å²) in [6.07, 6.45) is 3.78. The van der Waals surface area contributed by atoms with Gasteiger partial charge in [0, 0.05) is 18.1 Å². The number of hydrogen-bond acceptors (Lipinski definition) is 5. The Bertz CT molecular complexity index is 204. The molecule has 0 amide bonds. The number of nitrogens with two attached hydrogens (primary N) is 1. The van der Waals surface area contributed by atoms with Crippen LogP contribution in [0.4, 0.5) is 0 Å². The molecule has 1 atom stereocenters. The maximum absolute atomic E-state index is 10.8. The highest BCUT2D eigenvalue weighted by Gasteiger charge is 2.09. The maximum Gasteiger partial charge on any atom is 0.147 e. The zero-order chi connectivity index (χ0) is 9.61. The van der Waals surface area contributed by atoms with Crippen molar-refractivity contribution in [2.45, 2.75) is 12.5 Å². The quantitative estimate of drug-likeness (QED) is 0.464. The van der Waals surface area contributed by atoms with Gasteiger partial charge in [-0.1, -0.05) is 0 Å². The normalized spacial score (nSPS) is 14.6. The molecular weight excluding hydrogens is 196 g/mol. The summed E-state index contributed by atoms with van der Waals surface area (Å²) in [7, 11) is -2.85. The van der Waals surface area contributed by atoms with Crippen LogP contribution in [0.15, 0.2) is 0 Å². The van der Waals surface area contributed by atoms with Gasteiger partial charge in [-0.25, -0.2) is 8.42 Å². The molecule has 0 spiro atoms. The predicted octanol–water partition coefficient (Wildman–Crippen LogP) is -0.384. The molecular formula is C6H16N2O2S2. The molecule has 0 radical (unpaired) electrons. The molecule has 0 fully saturated rings. The molecule has 0 aliphatic carbocycles. The molecule has 74 valence electrons. The van der Waals surface area contributed by atoms with Crippen molar-refractivity contribution in [2.24, 2.45) is 5.84 Å². The summed E-state index contributed by atoms with van der Waals surface area (Å²) in [5.74, 6) is 6.27. The van der Waals surface area contributed by atoms with Gasteiger partial charge in [-0.05, 0) is 12.7 Å². The average Bonchev–Trinajstić information content (AvgIpc) is 1.96. The van der Waals surface area contributed by atoms with E-state index in [-0.39, 0.29) is 11.8 Å². The van der Waals surface area contributed by atoms with Crippen LogP contribution in [-0.2, 0) is 9.84 Å². The predicted molar refractivity (Wildman–Crippen MR) is 53.8 cm³/mol. The Hall–Kier alpha value is 0.220. The molecule has 1 unspecified atom stereocenters. The Labute approximate surface area is 78.2 Å². The first kappa shape index (κ1) is 12.2. The van der Waals surface area contributed by atoms with Gasteiger partial charge in [0.1, 0.15) is 9.84 Å². The third kappa shape index (κ3) is 6.90. The average molecular weight is 212 g/mol. The van der Waals surface area contributed by atoms with Crippen molar-refractivity contribution < 1.29 is 8.42 Å². The van der Waals surface area contributed by atoms with Crippen molar-refractivity contribution in [1.29, 1.82) is 0 Å². The largest absolute Gasteiger partial charge is 0.271 e. The molecule has 0 aromatic carbocycles. The van der Waals surface area contributed by atoms with Gasteiger partial charge in [0.05, 0.1) is 5.75 Å². The van der Waals surface area contributed by atoms with Gasteiger partial charge in [-0.3, -0.25) is 11.3 Å². The minimum Gasteiger partial charge on any atom is -0.271 e. The second-order valence-electron chi connectivity index (χ2n) is 2.74. The minimum absolute atomic E-state index is 0.0923. The standard InChI is InChI=1S/C6H16N2O2S2/c1-11-5-6(8-7)3-4-12(2,9)10/h6,8H,3-5,7H2,1-2H3. The van der Waals surface area contributed by atoms with Crippen LogP contribution in [0.3, 0.4) is 0 Å². The van der Waals surface area contributed by atoms with E-state index < -0.39 is 9.84 Å². The van der Waals surface area contributed by atoms with Crippen molar-refractivity contribution in [3.05, 3.63) is 0 Å². The number of nitrogens with one attached hydrogen (secondary N) is 1. The summed E-state index contributed by atoms with van der Waals surface area (Å²) in [6, 6.07) is 0.0923. The third-order valence-corrected chi connectivity index (χ3v) is 3.15. The molecule has 0 aliphatic heterocycles. The van der Waals surface area contributed by atoms with E-state index >= 15 is 0 Å². The second-order valence-corrected chi connectivity index (χ2v) is 5.91. The van der Waals surface area contributed by atoms with Crippen LogP contribution in [0.1, 0.15) is 6.42 Å². The Kier molecular flexibility index (Phi) is 5.90. The van der Waals surface area contributed by atoms with Gasteiger partial charge in [0.15, 0.2) is 0 Å². The molecule has 4 nitrogen and oxygen atoms in total. The summed E-state index contributed by atoms with van der Waals surface area (Å²) in [6.45, 7) is 0. The summed E-state index contributed by atoms with van der Waals surface area (Å²) >= 11 is 1.65. The first-order chi connectivity index (χ1) is 5.49. The molecule has 0 heterocycles. The van der Waals surface area contributed by atoms with E-state index in [1.807, 2.05) is 6.26 Å². The molecule has 0 aliphatic rings. The van der Waals surface area contributed by atoms with E-state index in [9.17, 15) is 8.42 Å². The Morgan fingerprint density at radius 3 is 2.50 bits per heavy atom. The Morgan fingerprint density at radius 2 is 2.17 bits per heavy atom. The van der Waals surface area contributed by atoms with Crippen molar-refractivity contribution in [3.8, 4) is 0 Å². The van der Waals surface area contributed by atoms with Gasteiger partial charge < -0.3 is 0 Å². The fourth-order valence-corrected chi connectivity index (χ4v) is 2.15. The summed E-state index contributed by atoms with van der Waals surface area (Å²) in [5, 5.41) is 0. The Balaban J connectivity index is 3.73.